The molecule has 60 heavy (non-hydrogen) atoms. The molecule has 0 aliphatic carbocycles. The lowest BCUT2D eigenvalue weighted by molar-refractivity contribution is -0.169. The summed E-state index contributed by atoms with van der Waals surface area (Å²) in [5.74, 6) is -1.96. The van der Waals surface area contributed by atoms with Crippen LogP contribution in [-0.2, 0) is 79.3 Å². The molecule has 0 aliphatic rings. The van der Waals surface area contributed by atoms with Gasteiger partial charge in [0.1, 0.15) is 50.3 Å². The number of carbonyl (C=O) groups is 4. The zero-order valence-corrected chi connectivity index (χ0v) is 33.3. The van der Waals surface area contributed by atoms with Gasteiger partial charge in [0.2, 0.25) is 5.78 Å². The first-order valence-electron chi connectivity index (χ1n) is 19.6. The smallest absolute Gasteiger partial charge is 0.417 e. The minimum atomic E-state index is -1.14. The highest BCUT2D eigenvalue weighted by Gasteiger charge is 2.21. The van der Waals surface area contributed by atoms with Crippen molar-refractivity contribution in [2.45, 2.75) is 65.3 Å². The molecule has 6 aromatic carbocycles. The van der Waals surface area contributed by atoms with Crippen LogP contribution in [0.15, 0.2) is 158 Å². The second kappa shape index (κ2) is 22.1. The number of carbonyl (C=O) groups excluding carboxylic acids is 4. The van der Waals surface area contributed by atoms with E-state index in [2.05, 4.69) is 0 Å². The number of esters is 3. The molecule has 0 radical (unpaired) electrons. The molecule has 0 N–H and O–H groups in total. The lowest BCUT2D eigenvalue weighted by Gasteiger charge is -2.16. The summed E-state index contributed by atoms with van der Waals surface area (Å²) < 4.78 is 33.8. The second-order valence-corrected chi connectivity index (χ2v) is 14.0. The van der Waals surface area contributed by atoms with Gasteiger partial charge in [-0.3, -0.25) is 4.79 Å². The van der Waals surface area contributed by atoms with Gasteiger partial charge in [0.15, 0.2) is 0 Å². The maximum atomic E-state index is 12.8. The molecular formula is C50H46O10. The number of rotatable bonds is 20. The number of ether oxygens (including phenoxy) is 6. The van der Waals surface area contributed by atoms with E-state index in [9.17, 15) is 19.2 Å². The van der Waals surface area contributed by atoms with E-state index in [1.165, 1.54) is 0 Å². The molecule has 6 rings (SSSR count). The van der Waals surface area contributed by atoms with Gasteiger partial charge >= 0.3 is 17.9 Å². The lowest BCUT2D eigenvalue weighted by Crippen LogP contribution is -2.24. The molecule has 1 unspecified atom stereocenters. The van der Waals surface area contributed by atoms with E-state index >= 15 is 0 Å². The molecule has 0 aromatic heterocycles. The molecule has 0 aliphatic heterocycles. The molecule has 0 heterocycles. The first-order chi connectivity index (χ1) is 29.3. The molecule has 0 saturated heterocycles. The Balaban J connectivity index is 0.984. The van der Waals surface area contributed by atoms with Crippen LogP contribution < -0.4 is 14.2 Å². The van der Waals surface area contributed by atoms with Crippen molar-refractivity contribution >= 4 is 23.7 Å². The van der Waals surface area contributed by atoms with E-state index in [0.29, 0.717) is 66.6 Å². The fraction of sp³-hybridized carbons (Fsp3) is 0.200. The van der Waals surface area contributed by atoms with Gasteiger partial charge in [-0.2, -0.15) is 0 Å². The van der Waals surface area contributed by atoms with Crippen molar-refractivity contribution in [1.82, 2.24) is 0 Å². The van der Waals surface area contributed by atoms with Gasteiger partial charge in [0, 0.05) is 6.42 Å². The van der Waals surface area contributed by atoms with Crippen LogP contribution >= 0.6 is 0 Å². The molecule has 0 saturated carbocycles. The molecule has 0 bridgehead atoms. The largest absolute Gasteiger partial charge is 0.489 e. The Morgan fingerprint density at radius 1 is 0.433 bits per heavy atom. The minimum absolute atomic E-state index is 0.111. The van der Waals surface area contributed by atoms with E-state index in [-0.39, 0.29) is 19.6 Å². The Kier molecular flexibility index (Phi) is 15.6. The maximum Gasteiger partial charge on any atom is 0.417 e. The summed E-state index contributed by atoms with van der Waals surface area (Å²) >= 11 is 0. The first kappa shape index (κ1) is 42.4. The van der Waals surface area contributed by atoms with Crippen LogP contribution in [0.4, 0.5) is 0 Å². The van der Waals surface area contributed by atoms with Crippen LogP contribution in [0.3, 0.4) is 0 Å². The van der Waals surface area contributed by atoms with E-state index in [0.717, 1.165) is 22.3 Å². The number of benzene rings is 6. The molecule has 6 aromatic rings. The molecule has 0 fully saturated rings. The third-order valence-electron chi connectivity index (χ3n) is 9.39. The van der Waals surface area contributed by atoms with Crippen molar-refractivity contribution in [2.24, 2.45) is 0 Å². The number of aryl methyl sites for hydroxylation is 1. The average molecular weight is 807 g/mol. The summed E-state index contributed by atoms with van der Waals surface area (Å²) in [6, 6.07) is 48.7. The monoisotopic (exact) mass is 806 g/mol. The molecule has 10 nitrogen and oxygen atoms in total. The van der Waals surface area contributed by atoms with E-state index < -0.39 is 29.8 Å². The Bertz CT molecular complexity index is 2290. The van der Waals surface area contributed by atoms with E-state index in [1.807, 2.05) is 97.1 Å². The van der Waals surface area contributed by atoms with Crippen LogP contribution in [0, 0.1) is 0 Å². The maximum absolute atomic E-state index is 12.8. The summed E-state index contributed by atoms with van der Waals surface area (Å²) in [7, 11) is 0. The highest BCUT2D eigenvalue weighted by Crippen LogP contribution is 2.23. The summed E-state index contributed by atoms with van der Waals surface area (Å²) in [5.41, 5.74) is 5.77. The second-order valence-electron chi connectivity index (χ2n) is 14.0. The predicted octanol–water partition coefficient (Wildman–Crippen LogP) is 8.89. The topological polar surface area (TPSA) is 124 Å². The number of ketones is 1. The summed E-state index contributed by atoms with van der Waals surface area (Å²) in [6.45, 7) is 2.55. The van der Waals surface area contributed by atoms with Crippen LogP contribution in [-0.4, -0.2) is 29.8 Å². The number of hydrogen-bond donors (Lipinski definition) is 0. The zero-order valence-electron chi connectivity index (χ0n) is 33.3. The van der Waals surface area contributed by atoms with Gasteiger partial charge in [0.05, 0.1) is 6.10 Å². The molecule has 10 heteroatoms. The Morgan fingerprint density at radius 3 is 1.38 bits per heavy atom. The van der Waals surface area contributed by atoms with Crippen molar-refractivity contribution < 1.29 is 47.6 Å². The fourth-order valence-electron chi connectivity index (χ4n) is 6.01. The fourth-order valence-corrected chi connectivity index (χ4v) is 6.01. The summed E-state index contributed by atoms with van der Waals surface area (Å²) in [4.78, 5) is 50.9. The lowest BCUT2D eigenvalue weighted by atomic mass is 10.0. The van der Waals surface area contributed by atoms with E-state index in [1.54, 1.807) is 67.6 Å². The van der Waals surface area contributed by atoms with Gasteiger partial charge in [-0.1, -0.05) is 121 Å². The van der Waals surface area contributed by atoms with Crippen molar-refractivity contribution in [1.29, 1.82) is 0 Å². The Hall–Kier alpha value is -7.20. The third-order valence-corrected chi connectivity index (χ3v) is 9.39. The third kappa shape index (κ3) is 13.7. The molecular weight excluding hydrogens is 761 g/mol. The van der Waals surface area contributed by atoms with Crippen LogP contribution in [0.25, 0.3) is 0 Å². The molecule has 0 amide bonds. The van der Waals surface area contributed by atoms with Crippen molar-refractivity contribution in [3.8, 4) is 17.2 Å². The van der Waals surface area contributed by atoms with Crippen LogP contribution in [0.1, 0.15) is 52.3 Å². The SMILES string of the molecule is CC(CCc1cc(OCc2ccccc2)ccc1COC(=O)C(=O)OCc1ccc(OCc2ccccc2)cc1)OC(=O)C(=O)Cc1ccc(OCc2ccccc2)cc1. The molecule has 0 spiro atoms. The standard InChI is InChI=1S/C50H46O10/c1-36(60-48(52)47(51)29-37-18-24-44(25-19-37)55-31-38-11-5-2-6-12-38)17-22-42-30-46(57-33-40-15-9-4-10-16-40)28-23-43(42)35-59-50(54)49(53)58-34-41-20-26-45(27-21-41)56-32-39-13-7-3-8-14-39/h2-16,18-21,23-28,30,36H,17,22,29,31-35H2,1H3. The highest BCUT2D eigenvalue weighted by molar-refractivity contribution is 6.34. The van der Waals surface area contributed by atoms with Crippen LogP contribution in [0.2, 0.25) is 0 Å². The quantitative estimate of drug-likeness (QED) is 0.0420. The van der Waals surface area contributed by atoms with Gasteiger partial charge in [0.25, 0.3) is 0 Å². The van der Waals surface area contributed by atoms with Gasteiger partial charge < -0.3 is 28.4 Å². The normalized spacial score (nSPS) is 11.2. The predicted molar refractivity (Wildman–Crippen MR) is 224 cm³/mol. The van der Waals surface area contributed by atoms with Gasteiger partial charge in [-0.25, -0.2) is 14.4 Å². The summed E-state index contributed by atoms with van der Waals surface area (Å²) in [5, 5.41) is 0. The number of hydrogen-bond acceptors (Lipinski definition) is 10. The van der Waals surface area contributed by atoms with Gasteiger partial charge in [-0.05, 0) is 95.1 Å². The highest BCUT2D eigenvalue weighted by atomic mass is 16.6. The number of Topliss-reactive ketones (excluding diaryl/α,β-unsaturated/α-hetero) is 1. The Labute approximate surface area is 349 Å². The van der Waals surface area contributed by atoms with Crippen molar-refractivity contribution in [3.05, 3.63) is 197 Å². The first-order valence-corrected chi connectivity index (χ1v) is 19.6. The van der Waals surface area contributed by atoms with E-state index in [4.69, 9.17) is 28.4 Å². The Morgan fingerprint density at radius 2 is 0.867 bits per heavy atom. The van der Waals surface area contributed by atoms with Crippen LogP contribution in [0.5, 0.6) is 17.2 Å². The zero-order chi connectivity index (χ0) is 41.9. The average Bonchev–Trinajstić information content (AvgIpc) is 3.29. The molecule has 1 atom stereocenters. The summed E-state index contributed by atoms with van der Waals surface area (Å²) in [6.07, 6.45) is 0.0183. The minimum Gasteiger partial charge on any atom is -0.489 e. The van der Waals surface area contributed by atoms with Gasteiger partial charge in [-0.15, -0.1) is 0 Å². The molecule has 306 valence electrons. The van der Waals surface area contributed by atoms with Crippen molar-refractivity contribution in [2.75, 3.05) is 0 Å². The van der Waals surface area contributed by atoms with Crippen molar-refractivity contribution in [3.63, 3.8) is 0 Å².